The van der Waals surface area contributed by atoms with Gasteiger partial charge in [0, 0.05) is 47.0 Å². The molecular weight excluding hydrogens is 344 g/mol. The summed E-state index contributed by atoms with van der Waals surface area (Å²) >= 11 is 0. The summed E-state index contributed by atoms with van der Waals surface area (Å²) in [6.07, 6.45) is 8.92. The van der Waals surface area contributed by atoms with Crippen molar-refractivity contribution in [2.24, 2.45) is 0 Å². The molecule has 2 aromatic heterocycles. The van der Waals surface area contributed by atoms with Crippen molar-refractivity contribution in [1.29, 1.82) is 0 Å². The van der Waals surface area contributed by atoms with Crippen molar-refractivity contribution in [2.75, 3.05) is 0 Å². The Labute approximate surface area is 163 Å². The number of aromatic nitrogens is 2. The van der Waals surface area contributed by atoms with Crippen LogP contribution in [0, 0.1) is 0 Å². The summed E-state index contributed by atoms with van der Waals surface area (Å²) in [4.78, 5) is 21.9. The fourth-order valence-corrected chi connectivity index (χ4v) is 3.85. The zero-order chi connectivity index (χ0) is 18.9. The zero-order valence-electron chi connectivity index (χ0n) is 15.3. The molecule has 0 saturated carbocycles. The van der Waals surface area contributed by atoms with Crippen LogP contribution in [0.2, 0.25) is 0 Å². The number of ketones is 1. The lowest BCUT2D eigenvalue weighted by molar-refractivity contribution is 0.103. The van der Waals surface area contributed by atoms with Crippen LogP contribution >= 0.6 is 0 Å². The normalized spacial score (nSPS) is 12.8. The topological polar surface area (TPSA) is 42.9 Å². The quantitative estimate of drug-likeness (QED) is 0.496. The third kappa shape index (κ3) is 2.91. The third-order valence-electron chi connectivity index (χ3n) is 5.36. The summed E-state index contributed by atoms with van der Waals surface area (Å²) in [7, 11) is 0. The Morgan fingerprint density at radius 3 is 1.54 bits per heavy atom. The van der Waals surface area contributed by atoms with E-state index in [1.54, 1.807) is 12.4 Å². The molecule has 3 heteroatoms. The highest BCUT2D eigenvalue weighted by Crippen LogP contribution is 2.31. The second-order valence-electron chi connectivity index (χ2n) is 7.06. The SMILES string of the molecule is O=C1c2cc(-c3cccnc3)ccc2CCc2ccc(-c3cccnc3)cc21. The summed E-state index contributed by atoms with van der Waals surface area (Å²) in [5, 5.41) is 0. The van der Waals surface area contributed by atoms with E-state index in [9.17, 15) is 4.79 Å². The molecule has 3 nitrogen and oxygen atoms in total. The maximum Gasteiger partial charge on any atom is 0.193 e. The highest BCUT2D eigenvalue weighted by atomic mass is 16.1. The number of carbonyl (C=O) groups excluding carboxylic acids is 1. The van der Waals surface area contributed by atoms with Crippen LogP contribution in [0.15, 0.2) is 85.5 Å². The molecule has 0 radical (unpaired) electrons. The van der Waals surface area contributed by atoms with Crippen LogP contribution in [0.1, 0.15) is 27.0 Å². The molecule has 0 spiro atoms. The number of aryl methyl sites for hydroxylation is 2. The van der Waals surface area contributed by atoms with E-state index >= 15 is 0 Å². The Bertz CT molecular complexity index is 1070. The highest BCUT2D eigenvalue weighted by Gasteiger charge is 2.22. The minimum atomic E-state index is 0.0963. The molecule has 0 N–H and O–H groups in total. The molecule has 0 bridgehead atoms. The number of hydrogen-bond donors (Lipinski definition) is 0. The van der Waals surface area contributed by atoms with E-state index in [0.717, 1.165) is 57.3 Å². The van der Waals surface area contributed by atoms with Gasteiger partial charge in [-0.3, -0.25) is 14.8 Å². The zero-order valence-corrected chi connectivity index (χ0v) is 15.3. The van der Waals surface area contributed by atoms with Gasteiger partial charge in [0.25, 0.3) is 0 Å². The summed E-state index contributed by atoms with van der Waals surface area (Å²) in [6, 6.07) is 20.2. The third-order valence-corrected chi connectivity index (χ3v) is 5.36. The van der Waals surface area contributed by atoms with Gasteiger partial charge < -0.3 is 0 Å². The Morgan fingerprint density at radius 1 is 0.607 bits per heavy atom. The lowest BCUT2D eigenvalue weighted by Crippen LogP contribution is -2.05. The van der Waals surface area contributed by atoms with E-state index in [4.69, 9.17) is 0 Å². The van der Waals surface area contributed by atoms with E-state index in [0.29, 0.717) is 0 Å². The molecule has 1 aliphatic carbocycles. The van der Waals surface area contributed by atoms with Gasteiger partial charge in [0.2, 0.25) is 0 Å². The second-order valence-corrected chi connectivity index (χ2v) is 7.06. The monoisotopic (exact) mass is 362 g/mol. The molecule has 0 amide bonds. The van der Waals surface area contributed by atoms with Crippen molar-refractivity contribution in [3.8, 4) is 22.3 Å². The summed E-state index contributed by atoms with van der Waals surface area (Å²) in [5.41, 5.74) is 7.89. The standard InChI is InChI=1S/C25H18N2O/c28-25-23-13-19(21-3-1-11-26-15-21)9-7-17(23)5-6-18-8-10-20(14-24(18)25)22-4-2-12-27-16-22/h1-4,7-16H,5-6H2. The van der Waals surface area contributed by atoms with Crippen molar-refractivity contribution in [2.45, 2.75) is 12.8 Å². The molecule has 0 saturated heterocycles. The van der Waals surface area contributed by atoms with Gasteiger partial charge in [-0.05, 0) is 59.4 Å². The lowest BCUT2D eigenvalue weighted by atomic mass is 9.93. The van der Waals surface area contributed by atoms with E-state index < -0.39 is 0 Å². The molecule has 28 heavy (non-hydrogen) atoms. The van der Waals surface area contributed by atoms with E-state index in [2.05, 4.69) is 34.2 Å². The molecule has 0 aliphatic heterocycles. The molecule has 0 fully saturated rings. The number of pyridine rings is 2. The van der Waals surface area contributed by atoms with Gasteiger partial charge in [-0.15, -0.1) is 0 Å². The lowest BCUT2D eigenvalue weighted by Gasteiger charge is -2.10. The molecule has 2 heterocycles. The Hall–Kier alpha value is -3.59. The minimum absolute atomic E-state index is 0.0963. The minimum Gasteiger partial charge on any atom is -0.289 e. The average Bonchev–Trinajstić information content (AvgIpc) is 2.91. The number of fused-ring (bicyclic) bond motifs is 2. The predicted octanol–water partition coefficient (Wildman–Crippen LogP) is 5.14. The van der Waals surface area contributed by atoms with Gasteiger partial charge >= 0.3 is 0 Å². The first kappa shape index (κ1) is 16.6. The Balaban J connectivity index is 1.61. The maximum absolute atomic E-state index is 13.5. The van der Waals surface area contributed by atoms with Crippen molar-refractivity contribution >= 4 is 5.78 Å². The molecule has 5 rings (SSSR count). The second kappa shape index (κ2) is 6.86. The van der Waals surface area contributed by atoms with Crippen molar-refractivity contribution in [3.05, 3.63) is 108 Å². The van der Waals surface area contributed by atoms with Crippen LogP contribution in [0.3, 0.4) is 0 Å². The molecule has 4 aromatic rings. The number of carbonyl (C=O) groups is 1. The van der Waals surface area contributed by atoms with E-state index in [1.165, 1.54) is 0 Å². The molecular formula is C25H18N2O. The fourth-order valence-electron chi connectivity index (χ4n) is 3.85. The predicted molar refractivity (Wildman–Crippen MR) is 110 cm³/mol. The molecule has 0 unspecified atom stereocenters. The average molecular weight is 362 g/mol. The summed E-state index contributed by atoms with van der Waals surface area (Å²) < 4.78 is 0. The molecule has 2 aromatic carbocycles. The van der Waals surface area contributed by atoms with Crippen LogP contribution in [0.25, 0.3) is 22.3 Å². The molecule has 0 atom stereocenters. The number of nitrogens with zero attached hydrogens (tertiary/aromatic N) is 2. The molecule has 134 valence electrons. The van der Waals surface area contributed by atoms with E-state index in [1.807, 2.05) is 48.8 Å². The van der Waals surface area contributed by atoms with Gasteiger partial charge in [0.05, 0.1) is 0 Å². The van der Waals surface area contributed by atoms with Crippen molar-refractivity contribution < 1.29 is 4.79 Å². The van der Waals surface area contributed by atoms with Gasteiger partial charge in [0.1, 0.15) is 0 Å². The van der Waals surface area contributed by atoms with Gasteiger partial charge in [-0.25, -0.2) is 0 Å². The summed E-state index contributed by atoms with van der Waals surface area (Å²) in [5.74, 6) is 0.0963. The van der Waals surface area contributed by atoms with Crippen LogP contribution < -0.4 is 0 Å². The number of rotatable bonds is 2. The fraction of sp³-hybridized carbons (Fsp3) is 0.0800. The Kier molecular flexibility index (Phi) is 4.06. The van der Waals surface area contributed by atoms with Gasteiger partial charge in [0.15, 0.2) is 5.78 Å². The van der Waals surface area contributed by atoms with Crippen molar-refractivity contribution in [1.82, 2.24) is 9.97 Å². The number of hydrogen-bond acceptors (Lipinski definition) is 3. The Morgan fingerprint density at radius 2 is 1.11 bits per heavy atom. The highest BCUT2D eigenvalue weighted by molar-refractivity contribution is 6.12. The first-order chi connectivity index (χ1) is 13.8. The smallest absolute Gasteiger partial charge is 0.193 e. The first-order valence-corrected chi connectivity index (χ1v) is 9.41. The van der Waals surface area contributed by atoms with Gasteiger partial charge in [-0.2, -0.15) is 0 Å². The first-order valence-electron chi connectivity index (χ1n) is 9.41. The van der Waals surface area contributed by atoms with Crippen LogP contribution in [-0.4, -0.2) is 15.8 Å². The van der Waals surface area contributed by atoms with Crippen LogP contribution in [0.5, 0.6) is 0 Å². The molecule has 1 aliphatic rings. The largest absolute Gasteiger partial charge is 0.289 e. The number of benzene rings is 2. The van der Waals surface area contributed by atoms with Gasteiger partial charge in [-0.1, -0.05) is 36.4 Å². The van der Waals surface area contributed by atoms with Crippen molar-refractivity contribution in [3.63, 3.8) is 0 Å². The maximum atomic E-state index is 13.5. The van der Waals surface area contributed by atoms with Crippen LogP contribution in [-0.2, 0) is 12.8 Å². The van der Waals surface area contributed by atoms with E-state index in [-0.39, 0.29) is 5.78 Å². The van der Waals surface area contributed by atoms with Crippen LogP contribution in [0.4, 0.5) is 0 Å². The summed E-state index contributed by atoms with van der Waals surface area (Å²) in [6.45, 7) is 0.